The quantitative estimate of drug-likeness (QED) is 0.0318. The summed E-state index contributed by atoms with van der Waals surface area (Å²) >= 11 is 12.2. The Morgan fingerprint density at radius 1 is 0.733 bits per heavy atom. The number of fused-ring (bicyclic) bond motifs is 5. The van der Waals surface area contributed by atoms with Gasteiger partial charge in [0.15, 0.2) is 12.6 Å². The van der Waals surface area contributed by atoms with Crippen LogP contribution in [-0.4, -0.2) is 277 Å². The lowest BCUT2D eigenvalue weighted by Gasteiger charge is -2.50. The summed E-state index contributed by atoms with van der Waals surface area (Å²) < 4.78 is 70.0. The number of nitrogens with zero attached hydrogens (tertiary/aromatic N) is 6. The molecule has 8 heterocycles. The molecule has 2 aliphatic carbocycles. The number of nitrogens with one attached hydrogen (secondary N) is 3. The van der Waals surface area contributed by atoms with Gasteiger partial charge in [0, 0.05) is 166 Å². The van der Waals surface area contributed by atoms with Crippen LogP contribution in [0.25, 0.3) is 28.1 Å². The zero-order valence-electron chi connectivity index (χ0n) is 89.3. The fourth-order valence-electron chi connectivity index (χ4n) is 21.7. The molecule has 27 atom stereocenters. The summed E-state index contributed by atoms with van der Waals surface area (Å²) in [7, 11) is 8.23. The first kappa shape index (κ1) is 115. The highest BCUT2D eigenvalue weighted by molar-refractivity contribution is 6.35. The van der Waals surface area contributed by atoms with Crippen molar-refractivity contribution in [1.82, 2.24) is 30.0 Å². The number of piperidine rings is 1. The number of likely N-dealkylation sites (N-methyl/N-ethyl adjacent to an activating group) is 1. The lowest BCUT2D eigenvalue weighted by Crippen LogP contribution is -2.61. The molecule has 4 aromatic carbocycles. The maximum atomic E-state index is 14.7. The fourth-order valence-corrected chi connectivity index (χ4v) is 22.0. The Morgan fingerprint density at radius 2 is 1.38 bits per heavy atom. The number of aliphatic hydroxyl groups excluding tert-OH is 5. The van der Waals surface area contributed by atoms with E-state index in [1.54, 1.807) is 107 Å². The van der Waals surface area contributed by atoms with Crippen LogP contribution in [0.2, 0.25) is 10.0 Å². The van der Waals surface area contributed by atoms with E-state index in [1.807, 2.05) is 99.6 Å². The van der Waals surface area contributed by atoms with Crippen molar-refractivity contribution in [3.63, 3.8) is 0 Å². The van der Waals surface area contributed by atoms with Crippen LogP contribution in [0.3, 0.4) is 0 Å². The second-order valence-corrected chi connectivity index (χ2v) is 43.7. The van der Waals surface area contributed by atoms with Crippen molar-refractivity contribution in [2.45, 2.75) is 317 Å². The minimum Gasteiger partial charge on any atom is -0.507 e. The van der Waals surface area contributed by atoms with Crippen molar-refractivity contribution >= 4 is 86.5 Å². The first-order chi connectivity index (χ1) is 68.6. The highest BCUT2D eigenvalue weighted by Gasteiger charge is 2.58. The SMILES string of the molecule is CC(C)/N=c1\cc2n(-c3ccc(Cl)cc3)c3ccccc3nc-2cc1Nc1ccc(Cl)cc1.CC[C@H]1OC(=O)[C@H](C)[C@@H](O[C@H]2C[C@@](C)(OC)[C@@H](O)[C@H](C)O2)[C@H](C)[C@@H](O[C@@H]2O[C@H](C)C[C@H](N(C)C)[C@H]2O)[C@](C)(OC)C[C@@H](C)C(=O)[C@H](C)[C@@H](O)[C@]1(C)O.CO[C@H]1/C=C/O[C@@]2(C)Oc3c(C)c(O)c4c(c3C2=O)C2=NC3(CCN(CC(C)C)CC3)NC2=C(NC(=O)/C(C)=C\C=C\[C@H](C)[C@H](O)[C@@H](C)[C@@H](O)[C@@H](C)[C@H](OC(C)=O)[C@@H]1C)C4=O. The second kappa shape index (κ2) is 47.4. The number of rotatable bonds is 16. The number of phenolic OH excluding ortho intramolecular Hbond substituents is 1. The van der Waals surface area contributed by atoms with Crippen molar-refractivity contribution < 1.29 is 117 Å². The number of ether oxygens (including phenoxy) is 11. The average Bonchev–Trinajstić information content (AvgIpc) is 1.54. The highest BCUT2D eigenvalue weighted by Crippen LogP contribution is 2.52. The molecule has 0 radical (unpaired) electrons. The smallest absolute Gasteiger partial charge is 0.312 e. The summed E-state index contributed by atoms with van der Waals surface area (Å²) in [6, 6.07) is 27.6. The zero-order chi connectivity index (χ0) is 107. The van der Waals surface area contributed by atoms with Crippen molar-refractivity contribution in [1.29, 1.82) is 0 Å². The van der Waals surface area contributed by atoms with E-state index in [2.05, 4.69) is 71.3 Å². The van der Waals surface area contributed by atoms with E-state index < -0.39 is 190 Å². The maximum Gasteiger partial charge on any atom is 0.312 e. The number of anilines is 2. The number of methoxy groups -OCH3 is 3. The standard InChI is InChI=1S/C46H62N4O11.C38H69NO13.C27H22Cl2N4/c1-22(2)21-50-18-16-46(17-19-50)48-34-31-32-39(54)28(8)42-33(31)43(56)45(10,61-42)59-20-15-30(58-11)25(5)41(60-29(9)51)27(7)38(53)26(6)37(52)23(3)13-12-14-24(4)44(57)47-36(40(32)55)35(34)49-46;1-15-26-38(10,45)31(42)21(4)28(40)19(2)17-37(9,47-14)33(52-35-29(41)25(39(11)12)16-20(3)48-35)22(5)30(23(6)34(44)50-26)51-27-18-36(8,46-13)32(43)24(7)49-27;1-17(2)30-24-16-27-25(15-23(24)31-20-11-7-18(28)8-12-20)32-22-5-3-4-6-26(22)33(27)21-13-9-19(29)10-14-21/h12-15,20,22-23,25-27,30,37-38,41,49,52-54H,16-19,21H2,1-11H3,(H,47,57);19-27,29-33,35,41-43,45H,15-18H2,1-14H3;3-17,31H,1-2H3/b13-12+,20-15+,24-14-;;30-24+/t23-,25+,26+,27+,30-,37-,38+,41+,45-;19-,20-,21+,22+,23-,24+,25+,26-,27+,29-,30+,31-,32+,33-,35+,36-,37-,38-;/m01./s1. The third-order valence-electron chi connectivity index (χ3n) is 30.5. The lowest BCUT2D eigenvalue weighted by molar-refractivity contribution is -0.319. The number of aliphatic imine (C=N–C) groups is 1. The van der Waals surface area contributed by atoms with Crippen molar-refractivity contribution in [2.24, 2.45) is 63.2 Å². The number of hydrogen-bond acceptors (Lipinski definition) is 31. The minimum absolute atomic E-state index is 0.0164. The number of phenols is 1. The predicted molar refractivity (Wildman–Crippen MR) is 556 cm³/mol. The van der Waals surface area contributed by atoms with Gasteiger partial charge in [-0.05, 0) is 187 Å². The third-order valence-corrected chi connectivity index (χ3v) is 31.0. The van der Waals surface area contributed by atoms with Gasteiger partial charge in [-0.1, -0.05) is 123 Å². The Morgan fingerprint density at radius 3 is 1.99 bits per heavy atom. The number of aromatic hydroxyl groups is 1. The van der Waals surface area contributed by atoms with Crippen LogP contribution in [0, 0.1) is 60.2 Å². The molecule has 0 unspecified atom stereocenters. The summed E-state index contributed by atoms with van der Waals surface area (Å²) in [4.78, 5) is 103. The van der Waals surface area contributed by atoms with Gasteiger partial charge in [-0.15, -0.1) is 0 Å². The minimum atomic E-state index is -1.97. The number of hydrogen-bond donors (Lipinski definition) is 10. The number of amides is 1. The number of Topliss-reactive ketones (excluding diaryl/α,β-unsaturated/α-hetero) is 3. The van der Waals surface area contributed by atoms with Crippen LogP contribution in [0.15, 0.2) is 142 Å². The Balaban J connectivity index is 0.000000203. The van der Waals surface area contributed by atoms with Gasteiger partial charge in [0.2, 0.25) is 5.78 Å². The molecule has 4 saturated heterocycles. The van der Waals surface area contributed by atoms with E-state index in [0.717, 1.165) is 64.5 Å². The molecule has 8 aliphatic heterocycles. The van der Waals surface area contributed by atoms with Crippen LogP contribution in [0.1, 0.15) is 216 Å². The molecule has 800 valence electrons. The van der Waals surface area contributed by atoms with Gasteiger partial charge in [-0.25, -0.2) is 4.98 Å². The molecule has 146 heavy (non-hydrogen) atoms. The van der Waals surface area contributed by atoms with Crippen LogP contribution in [-0.2, 0) is 66.5 Å². The maximum absolute atomic E-state index is 14.7. The van der Waals surface area contributed by atoms with Gasteiger partial charge >= 0.3 is 17.7 Å². The second-order valence-electron chi connectivity index (χ2n) is 42.8. The number of allylic oxidation sites excluding steroid dienone is 4. The number of carbonyl (C=O) groups is 6. The zero-order valence-corrected chi connectivity index (χ0v) is 90.8. The van der Waals surface area contributed by atoms with Crippen molar-refractivity contribution in [3.05, 3.63) is 170 Å². The number of ketones is 3. The topological polar surface area (TPSA) is 431 Å². The average molecular weight is 2070 g/mol. The number of benzene rings is 5. The van der Waals surface area contributed by atoms with E-state index in [0.29, 0.717) is 35.2 Å². The van der Waals surface area contributed by atoms with Crippen LogP contribution < -0.4 is 26.0 Å². The number of esters is 2. The van der Waals surface area contributed by atoms with E-state index >= 15 is 0 Å². The molecule has 0 aromatic heterocycles. The number of cyclic esters (lactones) is 1. The van der Waals surface area contributed by atoms with E-state index in [-0.39, 0.29) is 93.9 Å². The molecule has 1 spiro atoms. The number of aliphatic hydroxyl groups is 6. The molecule has 4 fully saturated rings. The summed E-state index contributed by atoms with van der Waals surface area (Å²) in [6.45, 7) is 40.7. The van der Waals surface area contributed by atoms with Gasteiger partial charge < -0.3 is 118 Å². The molecule has 35 heteroatoms. The number of aromatic nitrogens is 2. The van der Waals surface area contributed by atoms with Crippen LogP contribution in [0.5, 0.6) is 11.5 Å². The predicted octanol–water partition coefficient (Wildman–Crippen LogP) is 14.5. The number of carbonyl (C=O) groups excluding carboxylic acids is 6. The van der Waals surface area contributed by atoms with E-state index in [1.165, 1.54) is 55.3 Å². The highest BCUT2D eigenvalue weighted by atomic mass is 35.5. The van der Waals surface area contributed by atoms with Gasteiger partial charge in [0.25, 0.3) is 11.7 Å². The third kappa shape index (κ3) is 24.7. The monoisotopic (exact) mass is 2070 g/mol. The largest absolute Gasteiger partial charge is 0.507 e. The van der Waals surface area contributed by atoms with Gasteiger partial charge in [-0.3, -0.25) is 38.8 Å². The van der Waals surface area contributed by atoms with Crippen LogP contribution in [0.4, 0.5) is 11.4 Å². The Bertz CT molecular complexity index is 5880. The first-order valence-corrected chi connectivity index (χ1v) is 51.6. The molecule has 4 aromatic rings. The number of para-hydroxylation sites is 2. The summed E-state index contributed by atoms with van der Waals surface area (Å²) in [6.07, 6.45) is -3.67. The molecule has 33 nitrogen and oxygen atoms in total. The Labute approximate surface area is 867 Å². The number of likely N-dealkylation sites (tertiary alicyclic amines) is 1. The van der Waals surface area contributed by atoms with Gasteiger partial charge in [-0.2, -0.15) is 0 Å². The van der Waals surface area contributed by atoms with Crippen molar-refractivity contribution in [2.75, 3.05) is 60.4 Å². The normalized spacial score (nSPS) is 34.3. The Kier molecular flexibility index (Phi) is 37.4. The molecule has 14 rings (SSSR count). The molecular formula is C111H153Cl2N9O24. The van der Waals surface area contributed by atoms with E-state index in [9.17, 15) is 64.5 Å². The Hall–Kier alpha value is -9.47. The van der Waals surface area contributed by atoms with Gasteiger partial charge in [0.1, 0.15) is 58.7 Å². The molecule has 0 saturated carbocycles. The summed E-state index contributed by atoms with van der Waals surface area (Å²) in [5.41, 5.74) is 2.16. The molecule has 10 aliphatic rings. The fraction of sp³-hybridized carbons (Fsp3) is 0.595. The lowest BCUT2D eigenvalue weighted by atomic mass is 9.74. The van der Waals surface area contributed by atoms with Crippen LogP contribution >= 0.6 is 23.2 Å². The number of halogens is 2. The molecular weight excluding hydrogens is 1910 g/mol. The van der Waals surface area contributed by atoms with E-state index in [4.69, 9.17) is 90.3 Å². The molecule has 10 N–H and O–H groups in total. The molecule has 5 bridgehead atoms. The summed E-state index contributed by atoms with van der Waals surface area (Å²) in [5.74, 6) is -11.3. The first-order valence-electron chi connectivity index (χ1n) is 50.9. The van der Waals surface area contributed by atoms with Crippen molar-refractivity contribution in [3.8, 4) is 28.6 Å². The molecule has 1 amide bonds. The summed E-state index contributed by atoms with van der Waals surface area (Å²) in [5, 5.41) is 92.4. The van der Waals surface area contributed by atoms with Gasteiger partial charge in [0.05, 0.1) is 128 Å².